The molecule has 1 saturated carbocycles. The molecule has 2 heteroatoms. The normalized spacial score (nSPS) is 42.5. The van der Waals surface area contributed by atoms with Crippen LogP contribution in [0.3, 0.4) is 0 Å². The van der Waals surface area contributed by atoms with Gasteiger partial charge in [-0.05, 0) is 47.9 Å². The topological polar surface area (TPSA) is 23.5 Å². The summed E-state index contributed by atoms with van der Waals surface area (Å²) in [5, 5.41) is 14.3. The average Bonchev–Trinajstić information content (AvgIpc) is 3.10. The molecule has 23 heavy (non-hydrogen) atoms. The molecular weight excluding hydrogens is 282 g/mol. The number of nitrogens with zero attached hydrogens (tertiary/aromatic N) is 1. The summed E-state index contributed by atoms with van der Waals surface area (Å²) in [5.41, 5.74) is 0.625. The lowest BCUT2D eigenvalue weighted by Crippen LogP contribution is -2.42. The zero-order valence-corrected chi connectivity index (χ0v) is 14.0. The fraction of sp³-hybridized carbons (Fsp3) is 0.524. The maximum Gasteiger partial charge on any atom is 0.107 e. The smallest absolute Gasteiger partial charge is 0.107 e. The first-order valence-corrected chi connectivity index (χ1v) is 9.01. The second kappa shape index (κ2) is 4.37. The Kier molecular flexibility index (Phi) is 2.66. The van der Waals surface area contributed by atoms with Crippen molar-refractivity contribution in [2.75, 3.05) is 13.1 Å². The van der Waals surface area contributed by atoms with Crippen LogP contribution in [0.2, 0.25) is 0 Å². The minimum atomic E-state index is -0.704. The van der Waals surface area contributed by atoms with E-state index >= 15 is 0 Å². The molecule has 3 aliphatic rings. The number of benzene rings is 2. The molecule has 0 bridgehead atoms. The highest BCUT2D eigenvalue weighted by molar-refractivity contribution is 5.86. The number of aliphatic hydroxyl groups is 1. The molecule has 1 N–H and O–H groups in total. The summed E-state index contributed by atoms with van der Waals surface area (Å²) in [6.07, 6.45) is 2.42. The first-order chi connectivity index (χ1) is 11.0. The fourth-order valence-electron chi connectivity index (χ4n) is 6.41. The molecule has 2 saturated heterocycles. The van der Waals surface area contributed by atoms with Gasteiger partial charge in [-0.25, -0.2) is 0 Å². The van der Waals surface area contributed by atoms with Crippen molar-refractivity contribution in [3.63, 3.8) is 0 Å². The first-order valence-electron chi connectivity index (χ1n) is 9.01. The van der Waals surface area contributed by atoms with Gasteiger partial charge in [0.25, 0.3) is 0 Å². The lowest BCUT2D eigenvalue weighted by Gasteiger charge is -2.35. The van der Waals surface area contributed by atoms with Gasteiger partial charge in [-0.15, -0.1) is 0 Å². The van der Waals surface area contributed by atoms with E-state index in [1.54, 1.807) is 0 Å². The van der Waals surface area contributed by atoms with Crippen LogP contribution in [0.4, 0.5) is 0 Å². The third kappa shape index (κ3) is 1.56. The van der Waals surface area contributed by atoms with Crippen LogP contribution in [0.5, 0.6) is 0 Å². The molecule has 2 heterocycles. The molecule has 0 radical (unpaired) electrons. The second-order valence-corrected chi connectivity index (χ2v) is 8.27. The lowest BCUT2D eigenvalue weighted by atomic mass is 9.73. The summed E-state index contributed by atoms with van der Waals surface area (Å²) in [6.45, 7) is 6.75. The maximum atomic E-state index is 11.9. The van der Waals surface area contributed by atoms with Gasteiger partial charge in [-0.3, -0.25) is 4.90 Å². The van der Waals surface area contributed by atoms with Crippen molar-refractivity contribution >= 4 is 10.8 Å². The molecule has 2 nitrogen and oxygen atoms in total. The monoisotopic (exact) mass is 307 g/mol. The van der Waals surface area contributed by atoms with Crippen molar-refractivity contribution in [2.24, 2.45) is 17.8 Å². The van der Waals surface area contributed by atoms with E-state index in [0.29, 0.717) is 5.92 Å². The Morgan fingerprint density at radius 2 is 1.87 bits per heavy atom. The van der Waals surface area contributed by atoms with E-state index in [1.807, 2.05) is 0 Å². The van der Waals surface area contributed by atoms with Crippen LogP contribution in [-0.4, -0.2) is 28.6 Å². The number of fused-ring (bicyclic) bond motifs is 1. The standard InChI is InChI=1S/C21H25NO/c1-14-12-22-13-21(23,19-11-10-17(14)20(19,22)2)18-9-5-7-15-6-3-4-8-16(15)18/h3-9,14,17,19,23H,10-13H2,1-2H3/t14-,17+,19+,20-,21+/m1/s1. The van der Waals surface area contributed by atoms with Crippen LogP contribution in [0.25, 0.3) is 10.8 Å². The van der Waals surface area contributed by atoms with E-state index in [-0.39, 0.29) is 5.54 Å². The van der Waals surface area contributed by atoms with E-state index in [9.17, 15) is 5.11 Å². The Hall–Kier alpha value is -1.38. The van der Waals surface area contributed by atoms with Gasteiger partial charge in [0.05, 0.1) is 0 Å². The molecule has 0 aromatic heterocycles. The highest BCUT2D eigenvalue weighted by atomic mass is 16.3. The zero-order chi connectivity index (χ0) is 15.8. The third-order valence-electron chi connectivity index (χ3n) is 7.36. The molecule has 0 spiro atoms. The number of hydrogen-bond donors (Lipinski definition) is 1. The van der Waals surface area contributed by atoms with Crippen LogP contribution in [0, 0.1) is 17.8 Å². The van der Waals surface area contributed by atoms with Crippen molar-refractivity contribution in [1.29, 1.82) is 0 Å². The molecule has 0 unspecified atom stereocenters. The van der Waals surface area contributed by atoms with E-state index in [4.69, 9.17) is 0 Å². The van der Waals surface area contributed by atoms with Gasteiger partial charge in [0.15, 0.2) is 0 Å². The molecule has 2 aliphatic heterocycles. The Morgan fingerprint density at radius 3 is 2.74 bits per heavy atom. The van der Waals surface area contributed by atoms with E-state index < -0.39 is 5.60 Å². The van der Waals surface area contributed by atoms with Gasteiger partial charge in [-0.2, -0.15) is 0 Å². The van der Waals surface area contributed by atoms with Crippen LogP contribution in [0.1, 0.15) is 32.3 Å². The van der Waals surface area contributed by atoms with Crippen LogP contribution < -0.4 is 0 Å². The Morgan fingerprint density at radius 1 is 1.09 bits per heavy atom. The van der Waals surface area contributed by atoms with Gasteiger partial charge in [0, 0.05) is 24.5 Å². The van der Waals surface area contributed by atoms with Crippen molar-refractivity contribution < 1.29 is 5.11 Å². The zero-order valence-electron chi connectivity index (χ0n) is 14.0. The Balaban J connectivity index is 1.69. The number of rotatable bonds is 1. The predicted octanol–water partition coefficient (Wildman–Crippen LogP) is 3.78. The van der Waals surface area contributed by atoms with E-state index in [0.717, 1.165) is 36.9 Å². The highest BCUT2D eigenvalue weighted by Gasteiger charge is 2.68. The highest BCUT2D eigenvalue weighted by Crippen LogP contribution is 2.63. The Bertz CT molecular complexity index is 781. The van der Waals surface area contributed by atoms with Crippen molar-refractivity contribution in [3.8, 4) is 0 Å². The SMILES string of the molecule is C[C@@H]1CN2C[C@](O)(c3cccc4ccccc34)[C@H]3CC[C@@H]1[C@]32C. The molecule has 5 atom stereocenters. The maximum absolute atomic E-state index is 11.9. The number of hydrogen-bond acceptors (Lipinski definition) is 2. The van der Waals surface area contributed by atoms with Crippen molar-refractivity contribution in [3.05, 3.63) is 48.0 Å². The van der Waals surface area contributed by atoms with E-state index in [1.165, 1.54) is 17.2 Å². The summed E-state index contributed by atoms with van der Waals surface area (Å²) in [7, 11) is 0. The van der Waals surface area contributed by atoms with Crippen LogP contribution >= 0.6 is 0 Å². The summed E-state index contributed by atoms with van der Waals surface area (Å²) < 4.78 is 0. The molecule has 1 aliphatic carbocycles. The molecule has 2 aromatic carbocycles. The van der Waals surface area contributed by atoms with Gasteiger partial charge in [0.2, 0.25) is 0 Å². The van der Waals surface area contributed by atoms with Gasteiger partial charge in [0.1, 0.15) is 5.60 Å². The molecule has 3 fully saturated rings. The Labute approximate surface area is 138 Å². The van der Waals surface area contributed by atoms with E-state index in [2.05, 4.69) is 61.2 Å². The van der Waals surface area contributed by atoms with Gasteiger partial charge in [-0.1, -0.05) is 49.4 Å². The minimum Gasteiger partial charge on any atom is -0.383 e. The largest absolute Gasteiger partial charge is 0.383 e. The third-order valence-corrected chi connectivity index (χ3v) is 7.36. The van der Waals surface area contributed by atoms with Crippen molar-refractivity contribution in [1.82, 2.24) is 4.90 Å². The molecular formula is C21H25NO. The predicted molar refractivity (Wildman–Crippen MR) is 93.2 cm³/mol. The average molecular weight is 307 g/mol. The molecule has 2 aromatic rings. The summed E-state index contributed by atoms with van der Waals surface area (Å²) in [5.74, 6) is 1.87. The van der Waals surface area contributed by atoms with Crippen LogP contribution in [-0.2, 0) is 5.60 Å². The number of β-amino-alcohol motifs (C(OH)–C–C–N with tert-alkyl or cyclic N) is 1. The van der Waals surface area contributed by atoms with Gasteiger partial charge < -0.3 is 5.11 Å². The summed E-state index contributed by atoms with van der Waals surface area (Å²) >= 11 is 0. The lowest BCUT2D eigenvalue weighted by molar-refractivity contribution is -0.000350. The quantitative estimate of drug-likeness (QED) is 0.867. The first kappa shape index (κ1) is 14.0. The molecule has 120 valence electrons. The van der Waals surface area contributed by atoms with Crippen molar-refractivity contribution in [2.45, 2.75) is 37.8 Å². The van der Waals surface area contributed by atoms with Crippen LogP contribution in [0.15, 0.2) is 42.5 Å². The van der Waals surface area contributed by atoms with Gasteiger partial charge >= 0.3 is 0 Å². The second-order valence-electron chi connectivity index (χ2n) is 8.27. The summed E-state index contributed by atoms with van der Waals surface area (Å²) in [6, 6.07) is 14.9. The molecule has 5 rings (SSSR count). The minimum absolute atomic E-state index is 0.186. The molecule has 0 amide bonds. The summed E-state index contributed by atoms with van der Waals surface area (Å²) in [4.78, 5) is 2.60. The fourth-order valence-corrected chi connectivity index (χ4v) is 6.41.